The van der Waals surface area contributed by atoms with Crippen LogP contribution in [-0.4, -0.2) is 9.55 Å². The van der Waals surface area contributed by atoms with E-state index in [0.29, 0.717) is 11.7 Å². The van der Waals surface area contributed by atoms with Gasteiger partial charge in [-0.1, -0.05) is 25.7 Å². The summed E-state index contributed by atoms with van der Waals surface area (Å²) in [6, 6.07) is 6.00. The minimum Gasteiger partial charge on any atom is -0.399 e. The lowest BCUT2D eigenvalue weighted by Crippen LogP contribution is -2.21. The molecule has 4 nitrogen and oxygen atoms in total. The van der Waals surface area contributed by atoms with Crippen LogP contribution in [0.4, 0.5) is 5.69 Å². The van der Waals surface area contributed by atoms with E-state index in [1.807, 2.05) is 22.8 Å². The molecule has 0 atom stereocenters. The van der Waals surface area contributed by atoms with Crippen molar-refractivity contribution in [1.29, 1.82) is 0 Å². The van der Waals surface area contributed by atoms with E-state index in [4.69, 9.17) is 5.73 Å². The van der Waals surface area contributed by atoms with Gasteiger partial charge in [-0.3, -0.25) is 4.57 Å². The standard InChI is InChI=1S/C14H19N3O/c15-10-7-8-13-12(9-10)16-14(18)17(13)11-5-3-1-2-4-6-11/h7-9,11H,1-6,15H2,(H,16,18). The van der Waals surface area contributed by atoms with Gasteiger partial charge in [-0.05, 0) is 31.0 Å². The first-order chi connectivity index (χ1) is 8.75. The smallest absolute Gasteiger partial charge is 0.326 e. The van der Waals surface area contributed by atoms with E-state index in [0.717, 1.165) is 23.9 Å². The van der Waals surface area contributed by atoms with Gasteiger partial charge in [-0.15, -0.1) is 0 Å². The van der Waals surface area contributed by atoms with Crippen LogP contribution in [0.15, 0.2) is 23.0 Å². The molecular formula is C14H19N3O. The van der Waals surface area contributed by atoms with Crippen LogP contribution >= 0.6 is 0 Å². The summed E-state index contributed by atoms with van der Waals surface area (Å²) in [6.07, 6.45) is 7.24. The first kappa shape index (κ1) is 11.4. The van der Waals surface area contributed by atoms with E-state index in [1.165, 1.54) is 25.7 Å². The van der Waals surface area contributed by atoms with Crippen molar-refractivity contribution in [3.05, 3.63) is 28.7 Å². The molecular weight excluding hydrogens is 226 g/mol. The Balaban J connectivity index is 2.09. The molecule has 1 aliphatic rings. The molecule has 1 heterocycles. The number of nitrogens with two attached hydrogens (primary N) is 1. The molecule has 1 saturated carbocycles. The first-order valence-corrected chi connectivity index (χ1v) is 6.75. The Bertz CT molecular complexity index is 603. The number of fused-ring (bicyclic) bond motifs is 1. The van der Waals surface area contributed by atoms with Gasteiger partial charge in [0.25, 0.3) is 0 Å². The number of imidazole rings is 1. The lowest BCUT2D eigenvalue weighted by atomic mass is 10.1. The summed E-state index contributed by atoms with van der Waals surface area (Å²) in [6.45, 7) is 0. The average molecular weight is 245 g/mol. The van der Waals surface area contributed by atoms with E-state index in [9.17, 15) is 4.79 Å². The molecule has 18 heavy (non-hydrogen) atoms. The summed E-state index contributed by atoms with van der Waals surface area (Å²) in [5.41, 5.74) is 8.29. The molecule has 1 aliphatic carbocycles. The van der Waals surface area contributed by atoms with E-state index < -0.39 is 0 Å². The molecule has 0 bridgehead atoms. The van der Waals surface area contributed by atoms with Crippen LogP contribution < -0.4 is 11.4 Å². The Hall–Kier alpha value is -1.71. The molecule has 1 aromatic carbocycles. The molecule has 1 aromatic heterocycles. The van der Waals surface area contributed by atoms with Crippen LogP contribution in [0.5, 0.6) is 0 Å². The second-order valence-electron chi connectivity index (χ2n) is 5.22. The van der Waals surface area contributed by atoms with Gasteiger partial charge in [0.2, 0.25) is 0 Å². The van der Waals surface area contributed by atoms with Gasteiger partial charge in [0, 0.05) is 11.7 Å². The zero-order valence-electron chi connectivity index (χ0n) is 10.5. The van der Waals surface area contributed by atoms with Crippen LogP contribution in [0.25, 0.3) is 11.0 Å². The Morgan fingerprint density at radius 2 is 1.89 bits per heavy atom. The number of rotatable bonds is 1. The Morgan fingerprint density at radius 3 is 2.61 bits per heavy atom. The van der Waals surface area contributed by atoms with Gasteiger partial charge >= 0.3 is 5.69 Å². The highest BCUT2D eigenvalue weighted by Crippen LogP contribution is 2.28. The first-order valence-electron chi connectivity index (χ1n) is 6.75. The molecule has 2 aromatic rings. The number of aromatic amines is 1. The minimum atomic E-state index is 0.00231. The van der Waals surface area contributed by atoms with Crippen molar-refractivity contribution >= 4 is 16.7 Å². The number of hydrogen-bond donors (Lipinski definition) is 2. The maximum absolute atomic E-state index is 12.1. The Morgan fingerprint density at radius 1 is 1.17 bits per heavy atom. The number of nitrogens with zero attached hydrogens (tertiary/aromatic N) is 1. The molecule has 3 N–H and O–H groups in total. The monoisotopic (exact) mass is 245 g/mol. The van der Waals surface area contributed by atoms with Gasteiger partial charge in [0.15, 0.2) is 0 Å². The third kappa shape index (κ3) is 1.92. The predicted molar refractivity (Wildman–Crippen MR) is 73.7 cm³/mol. The lowest BCUT2D eigenvalue weighted by molar-refractivity contribution is 0.444. The average Bonchev–Trinajstić information content (AvgIpc) is 2.54. The quantitative estimate of drug-likeness (QED) is 0.599. The normalized spacial score (nSPS) is 18.0. The minimum absolute atomic E-state index is 0.00231. The Labute approximate surface area is 106 Å². The molecule has 4 heteroatoms. The second-order valence-corrected chi connectivity index (χ2v) is 5.22. The maximum Gasteiger partial charge on any atom is 0.326 e. The van der Waals surface area contributed by atoms with E-state index in [2.05, 4.69) is 4.98 Å². The largest absolute Gasteiger partial charge is 0.399 e. The van der Waals surface area contributed by atoms with Gasteiger partial charge in [-0.25, -0.2) is 4.79 Å². The van der Waals surface area contributed by atoms with Crippen molar-refractivity contribution in [2.45, 2.75) is 44.6 Å². The highest BCUT2D eigenvalue weighted by Gasteiger charge is 2.18. The lowest BCUT2D eigenvalue weighted by Gasteiger charge is -2.15. The number of hydrogen-bond acceptors (Lipinski definition) is 2. The Kier molecular flexibility index (Phi) is 2.86. The van der Waals surface area contributed by atoms with Gasteiger partial charge in [-0.2, -0.15) is 0 Å². The summed E-state index contributed by atoms with van der Waals surface area (Å²) in [4.78, 5) is 15.0. The molecule has 0 unspecified atom stereocenters. The van der Waals surface area contributed by atoms with E-state index in [1.54, 1.807) is 0 Å². The van der Waals surface area contributed by atoms with Crippen LogP contribution in [0.1, 0.15) is 44.6 Å². The fourth-order valence-electron chi connectivity index (χ4n) is 3.03. The van der Waals surface area contributed by atoms with Crippen molar-refractivity contribution in [2.75, 3.05) is 5.73 Å². The zero-order chi connectivity index (χ0) is 12.5. The number of benzene rings is 1. The number of aromatic nitrogens is 2. The number of nitrogen functional groups attached to an aromatic ring is 1. The topological polar surface area (TPSA) is 63.8 Å². The zero-order valence-corrected chi connectivity index (χ0v) is 10.5. The molecule has 0 amide bonds. The summed E-state index contributed by atoms with van der Waals surface area (Å²) in [7, 11) is 0. The predicted octanol–water partition coefficient (Wildman–Crippen LogP) is 2.81. The molecule has 3 rings (SSSR count). The number of H-pyrrole nitrogens is 1. The van der Waals surface area contributed by atoms with Gasteiger partial charge < -0.3 is 10.7 Å². The van der Waals surface area contributed by atoms with E-state index >= 15 is 0 Å². The third-order valence-electron chi connectivity index (χ3n) is 3.93. The van der Waals surface area contributed by atoms with Gasteiger partial charge in [0.1, 0.15) is 0 Å². The fourth-order valence-corrected chi connectivity index (χ4v) is 3.03. The summed E-state index contributed by atoms with van der Waals surface area (Å²) in [5, 5.41) is 0. The fraction of sp³-hybridized carbons (Fsp3) is 0.500. The van der Waals surface area contributed by atoms with Crippen molar-refractivity contribution in [3.8, 4) is 0 Å². The summed E-state index contributed by atoms with van der Waals surface area (Å²) < 4.78 is 1.93. The third-order valence-corrected chi connectivity index (χ3v) is 3.93. The summed E-state index contributed by atoms with van der Waals surface area (Å²) >= 11 is 0. The highest BCUT2D eigenvalue weighted by molar-refractivity contribution is 5.79. The molecule has 1 fully saturated rings. The maximum atomic E-state index is 12.1. The van der Waals surface area contributed by atoms with Gasteiger partial charge in [0.05, 0.1) is 11.0 Å². The molecule has 0 saturated heterocycles. The SMILES string of the molecule is Nc1ccc2c(c1)[nH]c(=O)n2C1CCCCCC1. The van der Waals surface area contributed by atoms with Crippen LogP contribution in [0.2, 0.25) is 0 Å². The molecule has 0 spiro atoms. The molecule has 0 radical (unpaired) electrons. The molecule has 96 valence electrons. The van der Waals surface area contributed by atoms with Crippen molar-refractivity contribution in [3.63, 3.8) is 0 Å². The van der Waals surface area contributed by atoms with Crippen molar-refractivity contribution in [1.82, 2.24) is 9.55 Å². The second kappa shape index (κ2) is 4.52. The van der Waals surface area contributed by atoms with E-state index in [-0.39, 0.29) is 5.69 Å². The summed E-state index contributed by atoms with van der Waals surface area (Å²) in [5.74, 6) is 0. The number of anilines is 1. The number of nitrogens with one attached hydrogen (secondary N) is 1. The molecule has 0 aliphatic heterocycles. The highest BCUT2D eigenvalue weighted by atomic mass is 16.1. The van der Waals surface area contributed by atoms with Crippen molar-refractivity contribution in [2.24, 2.45) is 0 Å². The van der Waals surface area contributed by atoms with Crippen molar-refractivity contribution < 1.29 is 0 Å². The van der Waals surface area contributed by atoms with Crippen LogP contribution in [0.3, 0.4) is 0 Å². The van der Waals surface area contributed by atoms with Crippen LogP contribution in [0, 0.1) is 0 Å². The van der Waals surface area contributed by atoms with Crippen LogP contribution in [-0.2, 0) is 0 Å².